The maximum absolute atomic E-state index is 8.87. The predicted octanol–water partition coefficient (Wildman–Crippen LogP) is 2.96. The maximum Gasteiger partial charge on any atom is 0.110 e. The number of fused-ring (bicyclic) bond motifs is 1. The number of nitriles is 1. The van der Waals surface area contributed by atoms with E-state index in [1.165, 1.54) is 0 Å². The first-order valence-electron chi connectivity index (χ1n) is 3.45. The van der Waals surface area contributed by atoms with Crippen LogP contribution in [0.25, 0.3) is 10.9 Å². The summed E-state index contributed by atoms with van der Waals surface area (Å²) in [5.74, 6) is 0. The van der Waals surface area contributed by atoms with Crippen LogP contribution in [-0.4, -0.2) is 10.2 Å². The second-order valence-corrected chi connectivity index (χ2v) is 4.21. The predicted molar refractivity (Wildman–Crippen MR) is 56.2 cm³/mol. The summed E-state index contributed by atoms with van der Waals surface area (Å²) in [6, 6.07) is 5.74. The van der Waals surface area contributed by atoms with Gasteiger partial charge in [-0.2, -0.15) is 10.4 Å². The van der Waals surface area contributed by atoms with Gasteiger partial charge in [-0.3, -0.25) is 5.10 Å². The zero-order valence-electron chi connectivity index (χ0n) is 6.31. The number of rotatable bonds is 0. The molecule has 0 fully saturated rings. The Balaban J connectivity index is 2.95. The van der Waals surface area contributed by atoms with E-state index in [0.29, 0.717) is 5.56 Å². The number of aromatic amines is 1. The molecule has 1 heterocycles. The van der Waals surface area contributed by atoms with Crippen LogP contribution in [0.4, 0.5) is 0 Å². The van der Waals surface area contributed by atoms with Crippen LogP contribution in [0.1, 0.15) is 5.56 Å². The van der Waals surface area contributed by atoms with Gasteiger partial charge in [0, 0.05) is 4.47 Å². The van der Waals surface area contributed by atoms with Crippen molar-refractivity contribution in [2.24, 2.45) is 0 Å². The Morgan fingerprint density at radius 3 is 2.85 bits per heavy atom. The minimum absolute atomic E-state index is 0.602. The van der Waals surface area contributed by atoms with E-state index >= 15 is 0 Å². The van der Waals surface area contributed by atoms with Gasteiger partial charge >= 0.3 is 0 Å². The van der Waals surface area contributed by atoms with Crippen LogP contribution in [0, 0.1) is 11.3 Å². The standard InChI is InChI=1S/C8H3Br2N3/c9-5-1-4(3-11)7-6(2-5)12-13-8(7)10/h1-2H,(H,12,13). The molecule has 64 valence electrons. The number of nitrogens with one attached hydrogen (secondary N) is 1. The molecule has 0 amide bonds. The Bertz CT molecular complexity index is 510. The molecule has 0 radical (unpaired) electrons. The van der Waals surface area contributed by atoms with Gasteiger partial charge in [-0.1, -0.05) is 15.9 Å². The normalized spacial score (nSPS) is 10.2. The van der Waals surface area contributed by atoms with Crippen molar-refractivity contribution in [3.63, 3.8) is 0 Å². The van der Waals surface area contributed by atoms with Gasteiger partial charge in [0.15, 0.2) is 0 Å². The summed E-state index contributed by atoms with van der Waals surface area (Å²) in [6.07, 6.45) is 0. The van der Waals surface area contributed by atoms with Crippen molar-refractivity contribution in [2.45, 2.75) is 0 Å². The highest BCUT2D eigenvalue weighted by Crippen LogP contribution is 2.27. The highest BCUT2D eigenvalue weighted by molar-refractivity contribution is 9.10. The zero-order chi connectivity index (χ0) is 9.42. The molecule has 5 heteroatoms. The summed E-state index contributed by atoms with van der Waals surface area (Å²) in [6.45, 7) is 0. The summed E-state index contributed by atoms with van der Waals surface area (Å²) < 4.78 is 1.60. The molecule has 0 aliphatic rings. The number of H-pyrrole nitrogens is 1. The molecule has 0 bridgehead atoms. The second kappa shape index (κ2) is 3.13. The van der Waals surface area contributed by atoms with Crippen LogP contribution in [0.3, 0.4) is 0 Å². The van der Waals surface area contributed by atoms with E-state index in [1.807, 2.05) is 6.07 Å². The molecule has 0 spiro atoms. The quantitative estimate of drug-likeness (QED) is 0.813. The average Bonchev–Trinajstić information content (AvgIpc) is 2.46. The van der Waals surface area contributed by atoms with Gasteiger partial charge in [0.25, 0.3) is 0 Å². The fourth-order valence-electron chi connectivity index (χ4n) is 1.16. The van der Waals surface area contributed by atoms with Crippen LogP contribution in [-0.2, 0) is 0 Å². The third-order valence-electron chi connectivity index (χ3n) is 1.70. The van der Waals surface area contributed by atoms with Crippen LogP contribution < -0.4 is 0 Å². The minimum atomic E-state index is 0.602. The number of halogens is 2. The van der Waals surface area contributed by atoms with Gasteiger partial charge in [0.1, 0.15) is 4.60 Å². The van der Waals surface area contributed by atoms with Crippen molar-refractivity contribution < 1.29 is 0 Å². The molecule has 1 N–H and O–H groups in total. The van der Waals surface area contributed by atoms with Crippen molar-refractivity contribution in [1.29, 1.82) is 5.26 Å². The van der Waals surface area contributed by atoms with Crippen LogP contribution in [0.5, 0.6) is 0 Å². The molecule has 1 aromatic heterocycles. The molecular weight excluding hydrogens is 298 g/mol. The first kappa shape index (κ1) is 8.73. The largest absolute Gasteiger partial charge is 0.270 e. The lowest BCUT2D eigenvalue weighted by atomic mass is 10.1. The van der Waals surface area contributed by atoms with Crippen molar-refractivity contribution in [3.8, 4) is 6.07 Å². The first-order chi connectivity index (χ1) is 6.22. The molecular formula is C8H3Br2N3. The highest BCUT2D eigenvalue weighted by atomic mass is 79.9. The van der Waals surface area contributed by atoms with Crippen molar-refractivity contribution >= 4 is 42.8 Å². The van der Waals surface area contributed by atoms with E-state index in [9.17, 15) is 0 Å². The summed E-state index contributed by atoms with van der Waals surface area (Å²) in [5, 5.41) is 16.5. The van der Waals surface area contributed by atoms with E-state index < -0.39 is 0 Å². The van der Waals surface area contributed by atoms with Crippen molar-refractivity contribution in [3.05, 3.63) is 26.8 Å². The number of benzene rings is 1. The lowest BCUT2D eigenvalue weighted by Gasteiger charge is -1.94. The summed E-state index contributed by atoms with van der Waals surface area (Å²) in [4.78, 5) is 0. The molecule has 0 aliphatic carbocycles. The minimum Gasteiger partial charge on any atom is -0.270 e. The second-order valence-electron chi connectivity index (χ2n) is 2.50. The average molecular weight is 301 g/mol. The fraction of sp³-hybridized carbons (Fsp3) is 0. The first-order valence-corrected chi connectivity index (χ1v) is 5.04. The zero-order valence-corrected chi connectivity index (χ0v) is 9.48. The Morgan fingerprint density at radius 1 is 1.38 bits per heavy atom. The van der Waals surface area contributed by atoms with E-state index in [4.69, 9.17) is 5.26 Å². The molecule has 2 aromatic rings. The molecule has 0 aliphatic heterocycles. The molecule has 0 saturated heterocycles. The van der Waals surface area contributed by atoms with Gasteiger partial charge in [0.05, 0.1) is 22.5 Å². The van der Waals surface area contributed by atoms with Crippen LogP contribution in [0.15, 0.2) is 21.2 Å². The lowest BCUT2D eigenvalue weighted by molar-refractivity contribution is 1.10. The Labute approximate surface area is 91.0 Å². The van der Waals surface area contributed by atoms with Crippen molar-refractivity contribution in [2.75, 3.05) is 0 Å². The van der Waals surface area contributed by atoms with Gasteiger partial charge < -0.3 is 0 Å². The SMILES string of the molecule is N#Cc1cc(Br)cc2n[nH]c(Br)c12. The van der Waals surface area contributed by atoms with Crippen LogP contribution in [0.2, 0.25) is 0 Å². The third kappa shape index (κ3) is 1.36. The van der Waals surface area contributed by atoms with Gasteiger partial charge in [0.2, 0.25) is 0 Å². The molecule has 1 aromatic carbocycles. The lowest BCUT2D eigenvalue weighted by Crippen LogP contribution is -1.77. The Kier molecular flexibility index (Phi) is 2.10. The summed E-state index contributed by atoms with van der Waals surface area (Å²) in [5.41, 5.74) is 1.38. The topological polar surface area (TPSA) is 52.5 Å². The van der Waals surface area contributed by atoms with E-state index in [2.05, 4.69) is 48.1 Å². The van der Waals surface area contributed by atoms with Gasteiger partial charge in [-0.05, 0) is 28.1 Å². The Hall–Kier alpha value is -0.860. The van der Waals surface area contributed by atoms with E-state index in [0.717, 1.165) is 20.0 Å². The maximum atomic E-state index is 8.87. The third-order valence-corrected chi connectivity index (χ3v) is 2.73. The molecule has 0 saturated carbocycles. The number of hydrogen-bond donors (Lipinski definition) is 1. The molecule has 0 unspecified atom stereocenters. The number of aromatic nitrogens is 2. The highest BCUT2D eigenvalue weighted by Gasteiger charge is 2.08. The smallest absolute Gasteiger partial charge is 0.110 e. The fourth-order valence-corrected chi connectivity index (χ4v) is 2.12. The van der Waals surface area contributed by atoms with Gasteiger partial charge in [-0.15, -0.1) is 0 Å². The molecule has 3 nitrogen and oxygen atoms in total. The number of nitrogens with zero attached hydrogens (tertiary/aromatic N) is 2. The van der Waals surface area contributed by atoms with Gasteiger partial charge in [-0.25, -0.2) is 0 Å². The van der Waals surface area contributed by atoms with E-state index in [1.54, 1.807) is 6.07 Å². The molecule has 0 atom stereocenters. The molecule has 13 heavy (non-hydrogen) atoms. The van der Waals surface area contributed by atoms with Crippen LogP contribution >= 0.6 is 31.9 Å². The Morgan fingerprint density at radius 2 is 2.15 bits per heavy atom. The van der Waals surface area contributed by atoms with E-state index in [-0.39, 0.29) is 0 Å². The monoisotopic (exact) mass is 299 g/mol. The van der Waals surface area contributed by atoms with Crippen molar-refractivity contribution in [1.82, 2.24) is 10.2 Å². The molecule has 2 rings (SSSR count). The summed E-state index contributed by atoms with van der Waals surface area (Å²) in [7, 11) is 0. The number of hydrogen-bond acceptors (Lipinski definition) is 2. The summed E-state index contributed by atoms with van der Waals surface area (Å²) >= 11 is 6.61.